The number of benzene rings is 2. The van der Waals surface area contributed by atoms with Crippen LogP contribution in [-0.4, -0.2) is 35.9 Å². The minimum absolute atomic E-state index is 0.199. The minimum Gasteiger partial charge on any atom is -0.466 e. The molecule has 0 amide bonds. The normalized spacial score (nSPS) is 15.7. The number of aromatic amines is 1. The van der Waals surface area contributed by atoms with E-state index in [2.05, 4.69) is 10.2 Å². The van der Waals surface area contributed by atoms with Crippen molar-refractivity contribution in [2.24, 2.45) is 5.92 Å². The second-order valence-electron chi connectivity index (χ2n) is 7.47. The van der Waals surface area contributed by atoms with Crippen LogP contribution in [0.3, 0.4) is 0 Å². The number of para-hydroxylation sites is 2. The monoisotopic (exact) mass is 419 g/mol. The van der Waals surface area contributed by atoms with Crippen LogP contribution in [0.4, 0.5) is 5.69 Å². The van der Waals surface area contributed by atoms with Crippen LogP contribution in [0.2, 0.25) is 0 Å². The van der Waals surface area contributed by atoms with Gasteiger partial charge >= 0.3 is 5.97 Å². The summed E-state index contributed by atoms with van der Waals surface area (Å²) in [5.41, 5.74) is 2.41. The molecule has 1 aromatic heterocycles. The second kappa shape index (κ2) is 9.04. The lowest BCUT2D eigenvalue weighted by Crippen LogP contribution is -2.28. The molecule has 4 rings (SSSR count). The van der Waals surface area contributed by atoms with Gasteiger partial charge in [0.05, 0.1) is 18.2 Å². The van der Waals surface area contributed by atoms with E-state index in [-0.39, 0.29) is 17.4 Å². The zero-order chi connectivity index (χ0) is 21.8. The van der Waals surface area contributed by atoms with E-state index < -0.39 is 0 Å². The van der Waals surface area contributed by atoms with Crippen LogP contribution in [-0.2, 0) is 9.53 Å². The van der Waals surface area contributed by atoms with Gasteiger partial charge in [-0.15, -0.1) is 0 Å². The van der Waals surface area contributed by atoms with E-state index in [0.717, 1.165) is 11.3 Å². The van der Waals surface area contributed by atoms with Crippen molar-refractivity contribution in [2.75, 3.05) is 24.6 Å². The zero-order valence-electron chi connectivity index (χ0n) is 17.6. The van der Waals surface area contributed by atoms with Crippen LogP contribution in [0.25, 0.3) is 11.3 Å². The first-order valence-electron chi connectivity index (χ1n) is 10.4. The largest absolute Gasteiger partial charge is 0.466 e. The highest BCUT2D eigenvalue weighted by Crippen LogP contribution is 2.39. The first-order chi connectivity index (χ1) is 15.1. The fourth-order valence-corrected chi connectivity index (χ4v) is 3.89. The molecule has 0 spiro atoms. The molecule has 0 bridgehead atoms. The Kier molecular flexibility index (Phi) is 6.02. The van der Waals surface area contributed by atoms with Gasteiger partial charge in [0, 0.05) is 24.2 Å². The molecule has 31 heavy (non-hydrogen) atoms. The summed E-state index contributed by atoms with van der Waals surface area (Å²) in [4.78, 5) is 26.7. The molecule has 7 nitrogen and oxygen atoms in total. The van der Waals surface area contributed by atoms with Crippen LogP contribution in [0.15, 0.2) is 59.4 Å². The van der Waals surface area contributed by atoms with Crippen molar-refractivity contribution < 1.29 is 14.3 Å². The maximum Gasteiger partial charge on any atom is 0.310 e. The van der Waals surface area contributed by atoms with E-state index in [1.165, 1.54) is 0 Å². The molecule has 7 heteroatoms. The number of nitrogens with one attached hydrogen (secondary N) is 1. The molecule has 2 heterocycles. The summed E-state index contributed by atoms with van der Waals surface area (Å²) < 4.78 is 11.3. The molecular formula is C24H25N3O4. The van der Waals surface area contributed by atoms with Gasteiger partial charge in [-0.25, -0.2) is 5.10 Å². The lowest BCUT2D eigenvalue weighted by Gasteiger charge is -2.23. The topological polar surface area (TPSA) is 84.5 Å². The molecule has 1 aliphatic rings. The molecule has 0 radical (unpaired) electrons. The van der Waals surface area contributed by atoms with E-state index in [0.29, 0.717) is 48.9 Å². The van der Waals surface area contributed by atoms with Crippen LogP contribution < -0.4 is 15.2 Å². The van der Waals surface area contributed by atoms with Crippen molar-refractivity contribution in [3.05, 3.63) is 70.5 Å². The Balaban J connectivity index is 1.74. The van der Waals surface area contributed by atoms with Gasteiger partial charge in [0.25, 0.3) is 5.56 Å². The van der Waals surface area contributed by atoms with E-state index in [9.17, 15) is 9.59 Å². The Labute approximate surface area is 180 Å². The Hall–Kier alpha value is -3.61. The number of carbonyl (C=O) groups is 1. The third-order valence-electron chi connectivity index (χ3n) is 5.43. The van der Waals surface area contributed by atoms with Gasteiger partial charge in [-0.2, -0.15) is 5.10 Å². The van der Waals surface area contributed by atoms with E-state index in [1.807, 2.05) is 59.5 Å². The average Bonchev–Trinajstić information content (AvgIpc) is 3.27. The van der Waals surface area contributed by atoms with Gasteiger partial charge in [0.15, 0.2) is 0 Å². The summed E-state index contributed by atoms with van der Waals surface area (Å²) in [5, 5.41) is 6.98. The molecule has 1 N–H and O–H groups in total. The number of hydrogen-bond donors (Lipinski definition) is 1. The van der Waals surface area contributed by atoms with Crippen LogP contribution in [0.5, 0.6) is 11.5 Å². The SMILES string of the molecule is CCOC(=O)C1CCN(c2c(-c3ccccc3Oc3ccccc3)n[nH]c(=O)c2C)C1. The smallest absolute Gasteiger partial charge is 0.310 e. The molecule has 3 aromatic rings. The van der Waals surface area contributed by atoms with Crippen LogP contribution in [0, 0.1) is 12.8 Å². The highest BCUT2D eigenvalue weighted by Gasteiger charge is 2.32. The van der Waals surface area contributed by atoms with Gasteiger partial charge in [-0.1, -0.05) is 30.3 Å². The molecule has 1 aliphatic heterocycles. The fraction of sp³-hybridized carbons (Fsp3) is 0.292. The van der Waals surface area contributed by atoms with Gasteiger partial charge < -0.3 is 14.4 Å². The first-order valence-corrected chi connectivity index (χ1v) is 10.4. The number of H-pyrrole nitrogens is 1. The molecule has 0 saturated carbocycles. The quantitative estimate of drug-likeness (QED) is 0.610. The molecule has 160 valence electrons. The highest BCUT2D eigenvalue weighted by atomic mass is 16.5. The predicted octanol–water partition coefficient (Wildman–Crippen LogP) is 3.93. The van der Waals surface area contributed by atoms with Crippen molar-refractivity contribution in [2.45, 2.75) is 20.3 Å². The summed E-state index contributed by atoms with van der Waals surface area (Å²) in [5.74, 6) is 0.924. The second-order valence-corrected chi connectivity index (χ2v) is 7.47. The molecule has 1 fully saturated rings. The number of nitrogens with zero attached hydrogens (tertiary/aromatic N) is 2. The Bertz CT molecular complexity index is 1130. The van der Waals surface area contributed by atoms with Gasteiger partial charge in [-0.3, -0.25) is 9.59 Å². The predicted molar refractivity (Wildman–Crippen MR) is 118 cm³/mol. The molecule has 2 aromatic carbocycles. The van der Waals surface area contributed by atoms with Crippen LogP contribution >= 0.6 is 0 Å². The summed E-state index contributed by atoms with van der Waals surface area (Å²) in [6.45, 7) is 5.06. The lowest BCUT2D eigenvalue weighted by atomic mass is 10.1. The molecular weight excluding hydrogens is 394 g/mol. The maximum atomic E-state index is 12.4. The van der Waals surface area contributed by atoms with Gasteiger partial charge in [0.2, 0.25) is 0 Å². The van der Waals surface area contributed by atoms with Crippen molar-refractivity contribution in [1.82, 2.24) is 10.2 Å². The number of carbonyl (C=O) groups excluding carboxylic acids is 1. The average molecular weight is 419 g/mol. The molecule has 1 saturated heterocycles. The van der Waals surface area contributed by atoms with Crippen molar-refractivity contribution in [3.63, 3.8) is 0 Å². The lowest BCUT2D eigenvalue weighted by molar-refractivity contribution is -0.147. The van der Waals surface area contributed by atoms with Gasteiger partial charge in [0.1, 0.15) is 17.2 Å². The van der Waals surface area contributed by atoms with Gasteiger partial charge in [-0.05, 0) is 44.5 Å². The van der Waals surface area contributed by atoms with E-state index in [4.69, 9.17) is 9.47 Å². The first kappa shape index (κ1) is 20.7. The van der Waals surface area contributed by atoms with Crippen molar-refractivity contribution in [3.8, 4) is 22.8 Å². The molecule has 1 unspecified atom stereocenters. The third kappa shape index (κ3) is 4.30. The summed E-state index contributed by atoms with van der Waals surface area (Å²) >= 11 is 0. The highest BCUT2D eigenvalue weighted by molar-refractivity contribution is 5.82. The number of aromatic nitrogens is 2. The van der Waals surface area contributed by atoms with Crippen molar-refractivity contribution >= 4 is 11.7 Å². The Morgan fingerprint density at radius 3 is 2.68 bits per heavy atom. The van der Waals surface area contributed by atoms with Crippen molar-refractivity contribution in [1.29, 1.82) is 0 Å². The number of hydrogen-bond acceptors (Lipinski definition) is 6. The Morgan fingerprint density at radius 1 is 1.16 bits per heavy atom. The third-order valence-corrected chi connectivity index (χ3v) is 5.43. The fourth-order valence-electron chi connectivity index (χ4n) is 3.89. The standard InChI is InChI=1S/C24H25N3O4/c1-3-30-24(29)17-13-14-27(15-17)22-16(2)23(28)26-25-21(22)19-11-7-8-12-20(19)31-18-9-5-4-6-10-18/h4-12,17H,3,13-15H2,1-2H3,(H,26,28). The zero-order valence-corrected chi connectivity index (χ0v) is 17.6. The summed E-state index contributed by atoms with van der Waals surface area (Å²) in [7, 11) is 0. The minimum atomic E-state index is -0.250. The molecule has 1 atom stereocenters. The maximum absolute atomic E-state index is 12.4. The number of anilines is 1. The Morgan fingerprint density at radius 2 is 1.90 bits per heavy atom. The van der Waals surface area contributed by atoms with E-state index >= 15 is 0 Å². The van der Waals surface area contributed by atoms with Crippen LogP contribution in [0.1, 0.15) is 18.9 Å². The number of rotatable bonds is 6. The number of esters is 1. The summed E-state index contributed by atoms with van der Waals surface area (Å²) in [6.07, 6.45) is 0.673. The number of ether oxygens (including phenoxy) is 2. The van der Waals surface area contributed by atoms with E-state index in [1.54, 1.807) is 13.8 Å². The summed E-state index contributed by atoms with van der Waals surface area (Å²) in [6, 6.07) is 17.1. The molecule has 0 aliphatic carbocycles.